The van der Waals surface area contributed by atoms with Crippen molar-refractivity contribution >= 4 is 11.8 Å². The fraction of sp³-hybridized carbons (Fsp3) is 0.273. The maximum absolute atomic E-state index is 13.3. The number of Topliss-reactive ketones (excluding diaryl/α,β-unsaturated/α-hetero) is 1. The van der Waals surface area contributed by atoms with Crippen LogP contribution in [0.3, 0.4) is 0 Å². The standard InChI is InChI=1S/C11H11FO3/c1-6-4-10(12)9(7(2)13)5-8(6)11(14)15-3/h4-5H,1-3H3. The molecule has 0 unspecified atom stereocenters. The Bertz CT molecular complexity index is 424. The molecular weight excluding hydrogens is 199 g/mol. The van der Waals surface area contributed by atoms with E-state index < -0.39 is 17.6 Å². The molecule has 4 heteroatoms. The van der Waals surface area contributed by atoms with Crippen LogP contribution in [0.4, 0.5) is 4.39 Å². The number of hydrogen-bond acceptors (Lipinski definition) is 3. The maximum Gasteiger partial charge on any atom is 0.338 e. The summed E-state index contributed by atoms with van der Waals surface area (Å²) in [7, 11) is 1.23. The minimum absolute atomic E-state index is 0.0963. The quantitative estimate of drug-likeness (QED) is 0.554. The highest BCUT2D eigenvalue weighted by molar-refractivity contribution is 5.98. The van der Waals surface area contributed by atoms with Gasteiger partial charge in [-0.05, 0) is 31.5 Å². The predicted molar refractivity (Wildman–Crippen MR) is 52.5 cm³/mol. The molecule has 1 aromatic carbocycles. The van der Waals surface area contributed by atoms with E-state index in [9.17, 15) is 14.0 Å². The smallest absolute Gasteiger partial charge is 0.338 e. The van der Waals surface area contributed by atoms with Gasteiger partial charge < -0.3 is 4.74 Å². The Balaban J connectivity index is 3.36. The molecule has 0 atom stereocenters. The third-order valence-electron chi connectivity index (χ3n) is 2.10. The Morgan fingerprint density at radius 2 is 1.87 bits per heavy atom. The van der Waals surface area contributed by atoms with Crippen LogP contribution in [0.1, 0.15) is 33.2 Å². The highest BCUT2D eigenvalue weighted by Gasteiger charge is 2.15. The average Bonchev–Trinajstić information content (AvgIpc) is 2.16. The average molecular weight is 210 g/mol. The zero-order valence-electron chi connectivity index (χ0n) is 8.76. The first-order chi connectivity index (χ1) is 6.97. The number of hydrogen-bond donors (Lipinski definition) is 0. The van der Waals surface area contributed by atoms with E-state index in [1.165, 1.54) is 20.1 Å². The largest absolute Gasteiger partial charge is 0.465 e. The van der Waals surface area contributed by atoms with E-state index in [0.717, 1.165) is 6.07 Å². The second-order valence-electron chi connectivity index (χ2n) is 3.19. The molecule has 0 fully saturated rings. The number of aryl methyl sites for hydroxylation is 1. The summed E-state index contributed by atoms with van der Waals surface area (Å²) in [5, 5.41) is 0. The van der Waals surface area contributed by atoms with E-state index in [4.69, 9.17) is 0 Å². The fourth-order valence-electron chi connectivity index (χ4n) is 1.27. The van der Waals surface area contributed by atoms with Gasteiger partial charge >= 0.3 is 5.97 Å². The van der Waals surface area contributed by atoms with Gasteiger partial charge in [-0.15, -0.1) is 0 Å². The molecule has 0 aliphatic rings. The van der Waals surface area contributed by atoms with E-state index in [1.807, 2.05) is 0 Å². The lowest BCUT2D eigenvalue weighted by Gasteiger charge is -2.06. The van der Waals surface area contributed by atoms with Crippen LogP contribution in [0.5, 0.6) is 0 Å². The van der Waals surface area contributed by atoms with Crippen LogP contribution >= 0.6 is 0 Å². The number of methoxy groups -OCH3 is 1. The van der Waals surface area contributed by atoms with Gasteiger partial charge in [0.15, 0.2) is 5.78 Å². The summed E-state index contributed by atoms with van der Waals surface area (Å²) < 4.78 is 17.8. The Morgan fingerprint density at radius 3 is 2.33 bits per heavy atom. The first-order valence-corrected chi connectivity index (χ1v) is 4.36. The Kier molecular flexibility index (Phi) is 3.19. The van der Waals surface area contributed by atoms with E-state index in [2.05, 4.69) is 4.74 Å². The number of halogens is 1. The minimum atomic E-state index is -0.618. The van der Waals surface area contributed by atoms with Gasteiger partial charge in [0, 0.05) is 0 Å². The summed E-state index contributed by atoms with van der Waals surface area (Å²) in [6, 6.07) is 2.38. The Hall–Kier alpha value is -1.71. The molecule has 15 heavy (non-hydrogen) atoms. The molecule has 0 heterocycles. The monoisotopic (exact) mass is 210 g/mol. The van der Waals surface area contributed by atoms with Gasteiger partial charge in [0.2, 0.25) is 0 Å². The number of benzene rings is 1. The number of carbonyl (C=O) groups excluding carboxylic acids is 2. The molecule has 0 aliphatic heterocycles. The SMILES string of the molecule is COC(=O)c1cc(C(C)=O)c(F)cc1C. The second-order valence-corrected chi connectivity index (χ2v) is 3.19. The molecule has 0 N–H and O–H groups in total. The van der Waals surface area contributed by atoms with Gasteiger partial charge in [0.25, 0.3) is 0 Å². The molecule has 3 nitrogen and oxygen atoms in total. The van der Waals surface area contributed by atoms with Crippen LogP contribution in [0.2, 0.25) is 0 Å². The molecular formula is C11H11FO3. The van der Waals surface area contributed by atoms with Crippen molar-refractivity contribution in [2.45, 2.75) is 13.8 Å². The normalized spacial score (nSPS) is 9.87. The van der Waals surface area contributed by atoms with Crippen molar-refractivity contribution in [1.82, 2.24) is 0 Å². The number of esters is 1. The van der Waals surface area contributed by atoms with Crippen molar-refractivity contribution in [3.8, 4) is 0 Å². The van der Waals surface area contributed by atoms with Gasteiger partial charge in [0.1, 0.15) is 5.82 Å². The summed E-state index contributed by atoms with van der Waals surface area (Å²) >= 11 is 0. The first kappa shape index (κ1) is 11.4. The van der Waals surface area contributed by atoms with Crippen molar-refractivity contribution in [2.75, 3.05) is 7.11 Å². The molecule has 0 spiro atoms. The van der Waals surface area contributed by atoms with Crippen molar-refractivity contribution in [3.63, 3.8) is 0 Å². The van der Waals surface area contributed by atoms with Crippen LogP contribution < -0.4 is 0 Å². The number of rotatable bonds is 2. The van der Waals surface area contributed by atoms with Crippen LogP contribution in [0, 0.1) is 12.7 Å². The van der Waals surface area contributed by atoms with Gasteiger partial charge in [-0.25, -0.2) is 9.18 Å². The van der Waals surface area contributed by atoms with Crippen LogP contribution in [-0.4, -0.2) is 18.9 Å². The molecule has 0 radical (unpaired) electrons. The van der Waals surface area contributed by atoms with Crippen molar-refractivity contribution < 1.29 is 18.7 Å². The summed E-state index contributed by atoms with van der Waals surface area (Å²) in [4.78, 5) is 22.3. The highest BCUT2D eigenvalue weighted by atomic mass is 19.1. The van der Waals surface area contributed by atoms with E-state index in [1.54, 1.807) is 6.92 Å². The third-order valence-corrected chi connectivity index (χ3v) is 2.10. The third kappa shape index (κ3) is 2.21. The number of ketones is 1. The number of ether oxygens (including phenoxy) is 1. The zero-order valence-corrected chi connectivity index (χ0v) is 8.76. The lowest BCUT2D eigenvalue weighted by atomic mass is 10.0. The molecule has 0 aromatic heterocycles. The summed E-state index contributed by atoms with van der Waals surface area (Å²) in [5.74, 6) is -1.61. The van der Waals surface area contributed by atoms with Crippen molar-refractivity contribution in [3.05, 3.63) is 34.6 Å². The van der Waals surface area contributed by atoms with Crippen LogP contribution in [0.25, 0.3) is 0 Å². The van der Waals surface area contributed by atoms with Gasteiger partial charge in [-0.2, -0.15) is 0 Å². The maximum atomic E-state index is 13.3. The summed E-state index contributed by atoms with van der Waals surface area (Å²) in [5.41, 5.74) is 0.564. The minimum Gasteiger partial charge on any atom is -0.465 e. The van der Waals surface area contributed by atoms with E-state index in [-0.39, 0.29) is 11.1 Å². The molecule has 0 aliphatic carbocycles. The summed E-state index contributed by atoms with van der Waals surface area (Å²) in [6.45, 7) is 2.83. The molecule has 0 bridgehead atoms. The Labute approximate surface area is 86.9 Å². The second kappa shape index (κ2) is 4.21. The highest BCUT2D eigenvalue weighted by Crippen LogP contribution is 2.16. The van der Waals surface area contributed by atoms with Crippen LogP contribution in [0.15, 0.2) is 12.1 Å². The van der Waals surface area contributed by atoms with Gasteiger partial charge in [0.05, 0.1) is 18.2 Å². The predicted octanol–water partition coefficient (Wildman–Crippen LogP) is 2.12. The van der Waals surface area contributed by atoms with Gasteiger partial charge in [-0.3, -0.25) is 4.79 Å². The van der Waals surface area contributed by atoms with Gasteiger partial charge in [-0.1, -0.05) is 0 Å². The van der Waals surface area contributed by atoms with E-state index >= 15 is 0 Å². The lowest BCUT2D eigenvalue weighted by molar-refractivity contribution is 0.0600. The first-order valence-electron chi connectivity index (χ1n) is 4.36. The Morgan fingerprint density at radius 1 is 1.27 bits per heavy atom. The van der Waals surface area contributed by atoms with E-state index in [0.29, 0.717) is 5.56 Å². The molecule has 1 rings (SSSR count). The fourth-order valence-corrected chi connectivity index (χ4v) is 1.27. The number of carbonyl (C=O) groups is 2. The lowest BCUT2D eigenvalue weighted by Crippen LogP contribution is -2.08. The molecule has 0 saturated carbocycles. The zero-order chi connectivity index (χ0) is 11.6. The van der Waals surface area contributed by atoms with Crippen molar-refractivity contribution in [2.24, 2.45) is 0 Å². The molecule has 0 amide bonds. The van der Waals surface area contributed by atoms with Crippen molar-refractivity contribution in [1.29, 1.82) is 0 Å². The molecule has 80 valence electrons. The molecule has 0 saturated heterocycles. The summed E-state index contributed by atoms with van der Waals surface area (Å²) in [6.07, 6.45) is 0. The molecule has 1 aromatic rings. The van der Waals surface area contributed by atoms with Crippen LogP contribution in [-0.2, 0) is 4.74 Å². The topological polar surface area (TPSA) is 43.4 Å².